The fraction of sp³-hybridized carbons (Fsp3) is 0.240. The van der Waals surface area contributed by atoms with Gasteiger partial charge in [-0.2, -0.15) is 0 Å². The lowest BCUT2D eigenvalue weighted by molar-refractivity contribution is 0.0974. The van der Waals surface area contributed by atoms with E-state index in [1.165, 1.54) is 17.7 Å². The van der Waals surface area contributed by atoms with Gasteiger partial charge in [-0.05, 0) is 75.2 Å². The second-order valence-electron chi connectivity index (χ2n) is 7.89. The lowest BCUT2D eigenvalue weighted by atomic mass is 9.89. The Morgan fingerprint density at radius 1 is 0.966 bits per heavy atom. The van der Waals surface area contributed by atoms with E-state index in [0.29, 0.717) is 5.56 Å². The van der Waals surface area contributed by atoms with Crippen LogP contribution in [0.25, 0.3) is 0 Å². The molecule has 0 spiro atoms. The molecule has 3 aromatic rings. The standard InChI is InChI=1S/C25H25FN2O/c1-16-4-11-21(12-5-16)27-23-15-18(3)28(24-13-6-17(2)14-22(23)24)25(29)19-7-9-20(26)10-8-19/h4-14,18,23,27H,15H2,1-3H3/t18-,23-/m0/s1. The van der Waals surface area contributed by atoms with Crippen LogP contribution in [0.2, 0.25) is 0 Å². The molecule has 29 heavy (non-hydrogen) atoms. The average Bonchev–Trinajstić information content (AvgIpc) is 2.70. The van der Waals surface area contributed by atoms with Crippen LogP contribution in [0, 0.1) is 19.7 Å². The molecule has 0 unspecified atom stereocenters. The number of rotatable bonds is 3. The molecule has 0 radical (unpaired) electrons. The van der Waals surface area contributed by atoms with Gasteiger partial charge in [-0.25, -0.2) is 4.39 Å². The van der Waals surface area contributed by atoms with Crippen molar-refractivity contribution in [1.82, 2.24) is 0 Å². The minimum Gasteiger partial charge on any atom is -0.378 e. The lowest BCUT2D eigenvalue weighted by Crippen LogP contribution is -2.44. The maximum Gasteiger partial charge on any atom is 0.258 e. The van der Waals surface area contributed by atoms with E-state index in [2.05, 4.69) is 56.4 Å². The molecule has 0 aliphatic carbocycles. The molecule has 4 heteroatoms. The monoisotopic (exact) mass is 388 g/mol. The van der Waals surface area contributed by atoms with Gasteiger partial charge >= 0.3 is 0 Å². The number of aryl methyl sites for hydroxylation is 2. The molecule has 1 aliphatic rings. The number of hydrogen-bond donors (Lipinski definition) is 1. The number of nitrogens with zero attached hydrogens (tertiary/aromatic N) is 1. The van der Waals surface area contributed by atoms with Gasteiger partial charge in [0.15, 0.2) is 0 Å². The molecule has 1 heterocycles. The van der Waals surface area contributed by atoms with Crippen molar-refractivity contribution in [1.29, 1.82) is 0 Å². The first kappa shape index (κ1) is 19.2. The van der Waals surface area contributed by atoms with Crippen LogP contribution in [-0.4, -0.2) is 11.9 Å². The van der Waals surface area contributed by atoms with E-state index in [-0.39, 0.29) is 23.8 Å². The largest absolute Gasteiger partial charge is 0.378 e. The summed E-state index contributed by atoms with van der Waals surface area (Å²) in [4.78, 5) is 15.1. The van der Waals surface area contributed by atoms with E-state index in [9.17, 15) is 9.18 Å². The van der Waals surface area contributed by atoms with E-state index in [4.69, 9.17) is 0 Å². The molecule has 4 rings (SSSR count). The van der Waals surface area contributed by atoms with Gasteiger partial charge in [-0.15, -0.1) is 0 Å². The number of amides is 1. The van der Waals surface area contributed by atoms with Crippen LogP contribution in [0.5, 0.6) is 0 Å². The molecular formula is C25H25FN2O. The van der Waals surface area contributed by atoms with E-state index >= 15 is 0 Å². The number of carbonyl (C=O) groups is 1. The third kappa shape index (κ3) is 3.88. The van der Waals surface area contributed by atoms with Gasteiger partial charge in [0.2, 0.25) is 0 Å². The van der Waals surface area contributed by atoms with Crippen molar-refractivity contribution in [2.45, 2.75) is 39.3 Å². The molecule has 2 atom stereocenters. The fourth-order valence-electron chi connectivity index (χ4n) is 4.01. The smallest absolute Gasteiger partial charge is 0.258 e. The van der Waals surface area contributed by atoms with Gasteiger partial charge < -0.3 is 10.2 Å². The van der Waals surface area contributed by atoms with Crippen molar-refractivity contribution >= 4 is 17.3 Å². The average molecular weight is 388 g/mol. The number of halogens is 1. The summed E-state index contributed by atoms with van der Waals surface area (Å²) in [7, 11) is 0. The maximum absolute atomic E-state index is 13.3. The van der Waals surface area contributed by atoms with E-state index < -0.39 is 0 Å². The lowest BCUT2D eigenvalue weighted by Gasteiger charge is -2.40. The number of anilines is 2. The summed E-state index contributed by atoms with van der Waals surface area (Å²) in [6.07, 6.45) is 0.789. The first-order valence-electron chi connectivity index (χ1n) is 9.95. The van der Waals surface area contributed by atoms with E-state index in [1.807, 2.05) is 17.0 Å². The topological polar surface area (TPSA) is 32.3 Å². The quantitative estimate of drug-likeness (QED) is 0.594. The Morgan fingerprint density at radius 3 is 2.31 bits per heavy atom. The molecule has 0 fully saturated rings. The summed E-state index contributed by atoms with van der Waals surface area (Å²) in [5.41, 5.74) is 5.96. The Labute approximate surface area is 171 Å². The molecule has 0 saturated heterocycles. The molecule has 1 amide bonds. The molecule has 3 aromatic carbocycles. The minimum absolute atomic E-state index is 0.00528. The Morgan fingerprint density at radius 2 is 1.62 bits per heavy atom. The molecule has 1 aliphatic heterocycles. The summed E-state index contributed by atoms with van der Waals surface area (Å²) in [6.45, 7) is 6.20. The highest BCUT2D eigenvalue weighted by Crippen LogP contribution is 2.40. The maximum atomic E-state index is 13.3. The Hall–Kier alpha value is -3.14. The highest BCUT2D eigenvalue weighted by Gasteiger charge is 2.34. The Bertz CT molecular complexity index is 1030. The van der Waals surface area contributed by atoms with Crippen LogP contribution >= 0.6 is 0 Å². The Kier molecular flexibility index (Phi) is 5.10. The van der Waals surface area contributed by atoms with Crippen molar-refractivity contribution in [2.24, 2.45) is 0 Å². The summed E-state index contributed by atoms with van der Waals surface area (Å²) >= 11 is 0. The first-order valence-corrected chi connectivity index (χ1v) is 9.95. The van der Waals surface area contributed by atoms with Crippen molar-refractivity contribution < 1.29 is 9.18 Å². The Balaban J connectivity index is 1.70. The third-order valence-electron chi connectivity index (χ3n) is 5.54. The first-order chi connectivity index (χ1) is 13.9. The minimum atomic E-state index is -0.341. The van der Waals surface area contributed by atoms with Gasteiger partial charge in [-0.3, -0.25) is 4.79 Å². The predicted octanol–water partition coefficient (Wildman–Crippen LogP) is 6.03. The van der Waals surface area contributed by atoms with Gasteiger partial charge in [0.1, 0.15) is 5.82 Å². The fourth-order valence-corrected chi connectivity index (χ4v) is 4.01. The summed E-state index contributed by atoms with van der Waals surface area (Å²) in [5, 5.41) is 3.64. The zero-order chi connectivity index (χ0) is 20.5. The molecule has 1 N–H and O–H groups in total. The molecule has 3 nitrogen and oxygen atoms in total. The van der Waals surface area contributed by atoms with Gasteiger partial charge in [0.05, 0.1) is 6.04 Å². The van der Waals surface area contributed by atoms with Crippen molar-refractivity contribution in [3.63, 3.8) is 0 Å². The molecule has 0 saturated carbocycles. The summed E-state index contributed by atoms with van der Waals surface area (Å²) < 4.78 is 13.3. The number of carbonyl (C=O) groups excluding carboxylic acids is 1. The van der Waals surface area contributed by atoms with Gasteiger partial charge in [-0.1, -0.05) is 35.4 Å². The number of fused-ring (bicyclic) bond motifs is 1. The van der Waals surface area contributed by atoms with Gasteiger partial charge in [0.25, 0.3) is 5.91 Å². The third-order valence-corrected chi connectivity index (χ3v) is 5.54. The van der Waals surface area contributed by atoms with Crippen molar-refractivity contribution in [2.75, 3.05) is 10.2 Å². The zero-order valence-electron chi connectivity index (χ0n) is 16.9. The van der Waals surface area contributed by atoms with E-state index in [0.717, 1.165) is 28.9 Å². The van der Waals surface area contributed by atoms with Crippen LogP contribution in [-0.2, 0) is 0 Å². The van der Waals surface area contributed by atoms with Crippen LogP contribution < -0.4 is 10.2 Å². The molecule has 148 valence electrons. The summed E-state index contributed by atoms with van der Waals surface area (Å²) in [5.74, 6) is -0.442. The molecular weight excluding hydrogens is 363 g/mol. The van der Waals surface area contributed by atoms with Crippen molar-refractivity contribution in [3.8, 4) is 0 Å². The van der Waals surface area contributed by atoms with Crippen LogP contribution in [0.4, 0.5) is 15.8 Å². The SMILES string of the molecule is Cc1ccc(N[C@H]2C[C@H](C)N(C(=O)c3ccc(F)cc3)c3ccc(C)cc32)cc1. The zero-order valence-corrected chi connectivity index (χ0v) is 16.9. The number of benzene rings is 3. The predicted molar refractivity (Wildman–Crippen MR) is 116 cm³/mol. The highest BCUT2D eigenvalue weighted by atomic mass is 19.1. The number of nitrogens with one attached hydrogen (secondary N) is 1. The van der Waals surface area contributed by atoms with Crippen LogP contribution in [0.1, 0.15) is 46.4 Å². The van der Waals surface area contributed by atoms with E-state index in [1.54, 1.807) is 12.1 Å². The highest BCUT2D eigenvalue weighted by molar-refractivity contribution is 6.07. The second-order valence-corrected chi connectivity index (χ2v) is 7.89. The normalized spacial score (nSPS) is 18.3. The van der Waals surface area contributed by atoms with Crippen LogP contribution in [0.15, 0.2) is 66.7 Å². The number of hydrogen-bond acceptors (Lipinski definition) is 2. The van der Waals surface area contributed by atoms with Gasteiger partial charge in [0, 0.05) is 23.0 Å². The van der Waals surface area contributed by atoms with Crippen LogP contribution in [0.3, 0.4) is 0 Å². The molecule has 0 bridgehead atoms. The second kappa shape index (κ2) is 7.70. The molecule has 0 aromatic heterocycles. The summed E-state index contributed by atoms with van der Waals surface area (Å²) in [6, 6.07) is 20.5. The van der Waals surface area contributed by atoms with Crippen molar-refractivity contribution in [3.05, 3.63) is 94.8 Å².